The van der Waals surface area contributed by atoms with Gasteiger partial charge < -0.3 is 14.9 Å². The fourth-order valence-electron chi connectivity index (χ4n) is 1.16. The Kier molecular flexibility index (Phi) is 5.34. The Labute approximate surface area is 115 Å². The molecule has 1 amide bonds. The number of rotatable bonds is 7. The highest BCUT2D eigenvalue weighted by Gasteiger charge is 2.22. The summed E-state index contributed by atoms with van der Waals surface area (Å²) in [6.45, 7) is 5.89. The molecule has 0 saturated heterocycles. The van der Waals surface area contributed by atoms with Crippen molar-refractivity contribution in [3.8, 4) is 0 Å². The molecule has 0 radical (unpaired) electrons. The van der Waals surface area contributed by atoms with Crippen LogP contribution in [0.4, 0.5) is 0 Å². The quantitative estimate of drug-likeness (QED) is 0.714. The van der Waals surface area contributed by atoms with Crippen molar-refractivity contribution >= 4 is 24.1 Å². The number of carbonyl (C=O) groups is 2. The first kappa shape index (κ1) is 15.5. The molecule has 1 unspecified atom stereocenters. The molecule has 1 aromatic heterocycles. The van der Waals surface area contributed by atoms with Crippen LogP contribution in [-0.4, -0.2) is 39.4 Å². The lowest BCUT2D eigenvalue weighted by molar-refractivity contribution is -0.139. The van der Waals surface area contributed by atoms with E-state index in [2.05, 4.69) is 15.5 Å². The van der Waals surface area contributed by atoms with Crippen molar-refractivity contribution in [1.29, 1.82) is 0 Å². The molecule has 0 fully saturated rings. The largest absolute Gasteiger partial charge is 0.480 e. The molecule has 106 valence electrons. The van der Waals surface area contributed by atoms with Crippen molar-refractivity contribution in [2.45, 2.75) is 38.0 Å². The monoisotopic (exact) mass is 287 g/mol. The van der Waals surface area contributed by atoms with Gasteiger partial charge >= 0.3 is 5.97 Å². The van der Waals surface area contributed by atoms with E-state index in [0.29, 0.717) is 23.9 Å². The highest BCUT2D eigenvalue weighted by molar-refractivity contribution is 7.98. The second-order valence-corrected chi connectivity index (χ2v) is 5.99. The minimum atomic E-state index is -1.07. The molecular formula is C11H17N3O4S. The van der Waals surface area contributed by atoms with Gasteiger partial charge in [-0.3, -0.25) is 4.79 Å². The van der Waals surface area contributed by atoms with Gasteiger partial charge in [0.2, 0.25) is 12.3 Å². The highest BCUT2D eigenvalue weighted by atomic mass is 32.2. The molecule has 8 heteroatoms. The lowest BCUT2D eigenvalue weighted by Gasteiger charge is -2.10. The zero-order valence-electron chi connectivity index (χ0n) is 11.0. The summed E-state index contributed by atoms with van der Waals surface area (Å²) in [5.74, 6) is 0.675. The van der Waals surface area contributed by atoms with Crippen LogP contribution in [-0.2, 0) is 20.8 Å². The van der Waals surface area contributed by atoms with Crippen molar-refractivity contribution in [1.82, 2.24) is 15.5 Å². The summed E-state index contributed by atoms with van der Waals surface area (Å²) < 4.78 is 5.12. The molecule has 19 heavy (non-hydrogen) atoms. The lowest BCUT2D eigenvalue weighted by Crippen LogP contribution is -2.37. The number of carboxylic acid groups (broad SMARTS) is 1. The smallest absolute Gasteiger partial charge is 0.327 e. The number of carboxylic acids is 1. The first-order valence-electron chi connectivity index (χ1n) is 5.68. The fourth-order valence-corrected chi connectivity index (χ4v) is 2.05. The van der Waals surface area contributed by atoms with Crippen molar-refractivity contribution in [2.24, 2.45) is 0 Å². The first-order chi connectivity index (χ1) is 8.84. The Morgan fingerprint density at radius 3 is 2.74 bits per heavy atom. The third kappa shape index (κ3) is 4.90. The summed E-state index contributed by atoms with van der Waals surface area (Å²) in [6, 6.07) is -0.906. The molecule has 0 aromatic carbocycles. The maximum Gasteiger partial charge on any atom is 0.327 e. The predicted octanol–water partition coefficient (Wildman–Crippen LogP) is 0.799. The second-order valence-electron chi connectivity index (χ2n) is 4.96. The lowest BCUT2D eigenvalue weighted by atomic mass is 9.97. The third-order valence-corrected chi connectivity index (χ3v) is 3.22. The zero-order chi connectivity index (χ0) is 14.5. The molecule has 0 aliphatic rings. The van der Waals surface area contributed by atoms with Gasteiger partial charge in [0, 0.05) is 11.2 Å². The molecule has 1 rings (SSSR count). The van der Waals surface area contributed by atoms with Crippen LogP contribution >= 0.6 is 11.8 Å². The maximum atomic E-state index is 10.8. The van der Waals surface area contributed by atoms with Crippen molar-refractivity contribution < 1.29 is 19.2 Å². The van der Waals surface area contributed by atoms with Gasteiger partial charge in [0.1, 0.15) is 6.04 Å². The van der Waals surface area contributed by atoms with Gasteiger partial charge in [-0.25, -0.2) is 4.79 Å². The van der Waals surface area contributed by atoms with E-state index >= 15 is 0 Å². The van der Waals surface area contributed by atoms with Gasteiger partial charge in [0.15, 0.2) is 5.82 Å². The van der Waals surface area contributed by atoms with Crippen LogP contribution in [0.3, 0.4) is 0 Å². The van der Waals surface area contributed by atoms with E-state index in [1.54, 1.807) is 0 Å². The van der Waals surface area contributed by atoms with E-state index in [1.165, 1.54) is 11.8 Å². The molecule has 1 aromatic rings. The first-order valence-corrected chi connectivity index (χ1v) is 6.83. The Hall–Kier alpha value is -1.57. The normalized spacial score (nSPS) is 13.0. The number of nitrogens with one attached hydrogen (secondary N) is 1. The SMILES string of the molecule is CC(C)(C)c1nc(CSCC(NC=O)C(=O)O)no1. The molecule has 0 spiro atoms. The highest BCUT2D eigenvalue weighted by Crippen LogP contribution is 2.21. The summed E-state index contributed by atoms with van der Waals surface area (Å²) >= 11 is 1.32. The Morgan fingerprint density at radius 1 is 1.58 bits per heavy atom. The topological polar surface area (TPSA) is 105 Å². The van der Waals surface area contributed by atoms with Crippen LogP contribution in [0.25, 0.3) is 0 Å². The molecular weight excluding hydrogens is 270 g/mol. The van der Waals surface area contributed by atoms with E-state index in [4.69, 9.17) is 9.63 Å². The molecule has 7 nitrogen and oxygen atoms in total. The van der Waals surface area contributed by atoms with Gasteiger partial charge in [0.05, 0.1) is 5.75 Å². The van der Waals surface area contributed by atoms with Crippen LogP contribution in [0, 0.1) is 0 Å². The van der Waals surface area contributed by atoms with Crippen LogP contribution in [0.5, 0.6) is 0 Å². The molecule has 2 N–H and O–H groups in total. The van der Waals surface area contributed by atoms with Crippen LogP contribution in [0.1, 0.15) is 32.5 Å². The molecule has 0 aliphatic carbocycles. The van der Waals surface area contributed by atoms with Crippen molar-refractivity contribution in [3.05, 3.63) is 11.7 Å². The van der Waals surface area contributed by atoms with E-state index in [1.807, 2.05) is 20.8 Å². The number of hydrogen-bond donors (Lipinski definition) is 2. The second kappa shape index (κ2) is 6.55. The van der Waals surface area contributed by atoms with Crippen molar-refractivity contribution in [3.63, 3.8) is 0 Å². The number of carbonyl (C=O) groups excluding carboxylic acids is 1. The number of hydrogen-bond acceptors (Lipinski definition) is 6. The van der Waals surface area contributed by atoms with Crippen LogP contribution in [0.2, 0.25) is 0 Å². The van der Waals surface area contributed by atoms with Gasteiger partial charge in [-0.2, -0.15) is 16.7 Å². The minimum absolute atomic E-state index is 0.210. The number of aliphatic carboxylic acids is 1. The van der Waals surface area contributed by atoms with E-state index in [9.17, 15) is 9.59 Å². The zero-order valence-corrected chi connectivity index (χ0v) is 11.9. The van der Waals surface area contributed by atoms with Gasteiger partial charge in [0.25, 0.3) is 0 Å². The molecule has 0 saturated carbocycles. The molecule has 0 aliphatic heterocycles. The van der Waals surface area contributed by atoms with Crippen molar-refractivity contribution in [2.75, 3.05) is 5.75 Å². The standard InChI is InChI=1S/C11H17N3O4S/c1-11(2,3)10-13-8(14-18-10)5-19-4-7(9(16)17)12-6-15/h6-7H,4-5H2,1-3H3,(H,12,15)(H,16,17). The average Bonchev–Trinajstić information content (AvgIpc) is 2.76. The Balaban J connectivity index is 2.46. The average molecular weight is 287 g/mol. The number of thioether (sulfide) groups is 1. The van der Waals surface area contributed by atoms with Crippen LogP contribution < -0.4 is 5.32 Å². The van der Waals surface area contributed by atoms with Crippen LogP contribution in [0.15, 0.2) is 4.52 Å². The van der Waals surface area contributed by atoms with E-state index in [-0.39, 0.29) is 11.2 Å². The number of aromatic nitrogens is 2. The number of nitrogens with zero attached hydrogens (tertiary/aromatic N) is 2. The number of amides is 1. The summed E-state index contributed by atoms with van der Waals surface area (Å²) in [6.07, 6.45) is 0.380. The molecule has 0 bridgehead atoms. The maximum absolute atomic E-state index is 10.8. The van der Waals surface area contributed by atoms with Gasteiger partial charge in [-0.1, -0.05) is 25.9 Å². The molecule has 1 heterocycles. The summed E-state index contributed by atoms with van der Waals surface area (Å²) in [5, 5.41) is 14.9. The van der Waals surface area contributed by atoms with Gasteiger partial charge in [-0.15, -0.1) is 0 Å². The molecule has 1 atom stereocenters. The Bertz CT molecular complexity index is 441. The van der Waals surface area contributed by atoms with E-state index < -0.39 is 12.0 Å². The fraction of sp³-hybridized carbons (Fsp3) is 0.636. The summed E-state index contributed by atoms with van der Waals surface area (Å²) in [5.41, 5.74) is -0.210. The third-order valence-electron chi connectivity index (χ3n) is 2.19. The van der Waals surface area contributed by atoms with E-state index in [0.717, 1.165) is 0 Å². The minimum Gasteiger partial charge on any atom is -0.480 e. The Morgan fingerprint density at radius 2 is 2.26 bits per heavy atom. The summed E-state index contributed by atoms with van der Waals surface area (Å²) in [4.78, 5) is 25.3. The summed E-state index contributed by atoms with van der Waals surface area (Å²) in [7, 11) is 0. The predicted molar refractivity (Wildman–Crippen MR) is 69.8 cm³/mol. The van der Waals surface area contributed by atoms with Gasteiger partial charge in [-0.05, 0) is 0 Å².